The van der Waals surface area contributed by atoms with E-state index in [1.807, 2.05) is 0 Å². The number of benzene rings is 3. The molecule has 3 aromatic carbocycles. The fourth-order valence-corrected chi connectivity index (χ4v) is 5.44. The molecule has 3 aromatic rings. The van der Waals surface area contributed by atoms with E-state index in [-0.39, 0.29) is 24.3 Å². The molecule has 0 aromatic heterocycles. The van der Waals surface area contributed by atoms with Crippen molar-refractivity contribution in [3.63, 3.8) is 0 Å². The van der Waals surface area contributed by atoms with Crippen LogP contribution in [0.1, 0.15) is 24.0 Å². The molecule has 0 radical (unpaired) electrons. The number of rotatable bonds is 15. The van der Waals surface area contributed by atoms with E-state index in [9.17, 15) is 27.9 Å². The van der Waals surface area contributed by atoms with Crippen LogP contribution in [0.3, 0.4) is 0 Å². The molecule has 0 saturated carbocycles. The standard InChI is InChI=1S/C28H28Cl2N2O8S/c29-22-7-4-8-23(30)21(22)16-40-19-11-9-18(10-12-19)15-25(28(36)37)32-27(35)24(13-14-26(33)34)31-17-41(38,39)20-5-2-1-3-6-20/h1-12,24-25,31H,13-17H2,(H,32,35)(H,33,34)(H,36,37)/t24-,25-/m0/s1. The number of carboxylic acid groups (broad SMARTS) is 2. The average molecular weight is 624 g/mol. The minimum atomic E-state index is -3.83. The predicted molar refractivity (Wildman–Crippen MR) is 153 cm³/mol. The lowest BCUT2D eigenvalue weighted by Crippen LogP contribution is -2.51. The van der Waals surface area contributed by atoms with Crippen LogP contribution in [0.2, 0.25) is 10.0 Å². The summed E-state index contributed by atoms with van der Waals surface area (Å²) in [5, 5.41) is 24.7. The SMILES string of the molecule is O=C(O)CC[C@H](NCS(=O)(=O)c1ccccc1)C(=O)N[C@@H](Cc1ccc(OCc2c(Cl)cccc2Cl)cc1)C(=O)O. The third-order valence-electron chi connectivity index (χ3n) is 6.01. The highest BCUT2D eigenvalue weighted by Crippen LogP contribution is 2.26. The molecule has 1 amide bonds. The quantitative estimate of drug-likeness (QED) is 0.197. The van der Waals surface area contributed by atoms with Crippen LogP contribution in [0.4, 0.5) is 0 Å². The molecule has 218 valence electrons. The minimum Gasteiger partial charge on any atom is -0.489 e. The van der Waals surface area contributed by atoms with Gasteiger partial charge in [-0.3, -0.25) is 14.9 Å². The van der Waals surface area contributed by atoms with Gasteiger partial charge in [0, 0.05) is 28.5 Å². The highest BCUT2D eigenvalue weighted by molar-refractivity contribution is 7.91. The van der Waals surface area contributed by atoms with Crippen molar-refractivity contribution in [1.82, 2.24) is 10.6 Å². The van der Waals surface area contributed by atoms with Gasteiger partial charge in [-0.1, -0.05) is 59.6 Å². The topological polar surface area (TPSA) is 159 Å². The summed E-state index contributed by atoms with van der Waals surface area (Å²) < 4.78 is 31.0. The van der Waals surface area contributed by atoms with Crippen LogP contribution in [0, 0.1) is 0 Å². The Morgan fingerprint density at radius 2 is 1.49 bits per heavy atom. The summed E-state index contributed by atoms with van der Waals surface area (Å²) in [6.45, 7) is 0.121. The molecule has 0 spiro atoms. The van der Waals surface area contributed by atoms with Gasteiger partial charge in [0.05, 0.1) is 10.9 Å². The van der Waals surface area contributed by atoms with E-state index in [4.69, 9.17) is 33.0 Å². The molecule has 0 saturated heterocycles. The Morgan fingerprint density at radius 3 is 2.07 bits per heavy atom. The Kier molecular flexibility index (Phi) is 11.5. The summed E-state index contributed by atoms with van der Waals surface area (Å²) in [5.74, 6) is -3.50. The molecule has 13 heteroatoms. The minimum absolute atomic E-state index is 0.0238. The summed E-state index contributed by atoms with van der Waals surface area (Å²) in [6, 6.07) is 16.6. The third kappa shape index (κ3) is 9.75. The second-order valence-electron chi connectivity index (χ2n) is 9.00. The first kappa shape index (κ1) is 31.9. The number of amides is 1. The maximum Gasteiger partial charge on any atom is 0.326 e. The molecule has 0 aliphatic heterocycles. The Labute approximate surface area is 247 Å². The third-order valence-corrected chi connectivity index (χ3v) is 8.25. The molecule has 0 aliphatic carbocycles. The fourth-order valence-electron chi connectivity index (χ4n) is 3.77. The number of hydrogen-bond donors (Lipinski definition) is 4. The zero-order valence-electron chi connectivity index (χ0n) is 21.6. The number of carboxylic acids is 2. The molecule has 3 rings (SSSR count). The van der Waals surface area contributed by atoms with E-state index < -0.39 is 52.1 Å². The molecule has 41 heavy (non-hydrogen) atoms. The van der Waals surface area contributed by atoms with E-state index in [0.717, 1.165) is 0 Å². The molecule has 0 bridgehead atoms. The van der Waals surface area contributed by atoms with Gasteiger partial charge in [-0.05, 0) is 48.4 Å². The summed E-state index contributed by atoms with van der Waals surface area (Å²) in [6.07, 6.45) is -0.778. The van der Waals surface area contributed by atoms with Crippen LogP contribution in [0.15, 0.2) is 77.7 Å². The van der Waals surface area contributed by atoms with Gasteiger partial charge in [0.2, 0.25) is 5.91 Å². The summed E-state index contributed by atoms with van der Waals surface area (Å²) in [7, 11) is -3.83. The molecule has 0 heterocycles. The van der Waals surface area contributed by atoms with Gasteiger partial charge in [0.25, 0.3) is 0 Å². The molecule has 0 fully saturated rings. The van der Waals surface area contributed by atoms with Crippen LogP contribution in [0.5, 0.6) is 5.75 Å². The van der Waals surface area contributed by atoms with Gasteiger partial charge in [-0.25, -0.2) is 13.2 Å². The number of hydrogen-bond acceptors (Lipinski definition) is 7. The highest BCUT2D eigenvalue weighted by Gasteiger charge is 2.27. The van der Waals surface area contributed by atoms with Crippen LogP contribution < -0.4 is 15.4 Å². The van der Waals surface area contributed by atoms with Gasteiger partial charge in [0.1, 0.15) is 24.3 Å². The largest absolute Gasteiger partial charge is 0.489 e. The Morgan fingerprint density at radius 1 is 0.854 bits per heavy atom. The maximum absolute atomic E-state index is 13.0. The van der Waals surface area contributed by atoms with Gasteiger partial charge in [0.15, 0.2) is 9.84 Å². The van der Waals surface area contributed by atoms with Gasteiger partial charge >= 0.3 is 11.9 Å². The number of nitrogens with one attached hydrogen (secondary N) is 2. The number of aliphatic carboxylic acids is 2. The lowest BCUT2D eigenvalue weighted by molar-refractivity contribution is -0.142. The Hall–Kier alpha value is -3.64. The number of ether oxygens (including phenoxy) is 1. The smallest absolute Gasteiger partial charge is 0.326 e. The van der Waals surface area contributed by atoms with Crippen molar-refractivity contribution in [1.29, 1.82) is 0 Å². The molecule has 10 nitrogen and oxygen atoms in total. The predicted octanol–water partition coefficient (Wildman–Crippen LogP) is 3.94. The molecule has 4 N–H and O–H groups in total. The second-order valence-corrected chi connectivity index (χ2v) is 11.8. The average Bonchev–Trinajstić information content (AvgIpc) is 2.93. The monoisotopic (exact) mass is 622 g/mol. The van der Waals surface area contributed by atoms with Crippen LogP contribution >= 0.6 is 23.2 Å². The van der Waals surface area contributed by atoms with Crippen molar-refractivity contribution < 1.29 is 37.8 Å². The van der Waals surface area contributed by atoms with Gasteiger partial charge in [-0.2, -0.15) is 0 Å². The maximum atomic E-state index is 13.0. The number of carbonyl (C=O) groups is 3. The normalized spacial score (nSPS) is 12.7. The number of sulfone groups is 1. The Balaban J connectivity index is 1.64. The van der Waals surface area contributed by atoms with Crippen molar-refractivity contribution in [3.8, 4) is 5.75 Å². The van der Waals surface area contributed by atoms with Crippen LogP contribution in [-0.4, -0.2) is 54.4 Å². The number of carbonyl (C=O) groups excluding carboxylic acids is 1. The van der Waals surface area contributed by atoms with Gasteiger partial charge in [-0.15, -0.1) is 0 Å². The first-order chi connectivity index (χ1) is 19.5. The lowest BCUT2D eigenvalue weighted by atomic mass is 10.0. The zero-order valence-corrected chi connectivity index (χ0v) is 24.0. The van der Waals surface area contributed by atoms with Crippen molar-refractivity contribution in [2.45, 2.75) is 42.8 Å². The van der Waals surface area contributed by atoms with E-state index in [2.05, 4.69) is 10.6 Å². The highest BCUT2D eigenvalue weighted by atomic mass is 35.5. The summed E-state index contributed by atoms with van der Waals surface area (Å²) >= 11 is 12.3. The molecular formula is C28H28Cl2N2O8S. The van der Waals surface area contributed by atoms with Crippen molar-refractivity contribution in [2.24, 2.45) is 0 Å². The first-order valence-electron chi connectivity index (χ1n) is 12.4. The molecule has 2 atom stereocenters. The molecular weight excluding hydrogens is 595 g/mol. The van der Waals surface area contributed by atoms with Crippen LogP contribution in [0.25, 0.3) is 0 Å². The van der Waals surface area contributed by atoms with Crippen molar-refractivity contribution in [3.05, 3.63) is 94.0 Å². The molecule has 0 unspecified atom stereocenters. The summed E-state index contributed by atoms with van der Waals surface area (Å²) in [4.78, 5) is 36.1. The lowest BCUT2D eigenvalue weighted by Gasteiger charge is -2.21. The van der Waals surface area contributed by atoms with Crippen LogP contribution in [-0.2, 0) is 37.2 Å². The zero-order chi connectivity index (χ0) is 30.0. The van der Waals surface area contributed by atoms with E-state index in [0.29, 0.717) is 26.9 Å². The molecule has 0 aliphatic rings. The Bertz CT molecular complexity index is 1450. The summed E-state index contributed by atoms with van der Waals surface area (Å²) in [5.41, 5.74) is 1.19. The van der Waals surface area contributed by atoms with E-state index >= 15 is 0 Å². The second kappa shape index (κ2) is 14.8. The van der Waals surface area contributed by atoms with Crippen molar-refractivity contribution >= 4 is 50.9 Å². The first-order valence-corrected chi connectivity index (χ1v) is 14.8. The van der Waals surface area contributed by atoms with Crippen molar-refractivity contribution in [2.75, 3.05) is 5.88 Å². The van der Waals surface area contributed by atoms with Gasteiger partial charge < -0.3 is 20.3 Å². The fraction of sp³-hybridized carbons (Fsp3) is 0.250. The van der Waals surface area contributed by atoms with E-state index in [1.165, 1.54) is 12.1 Å². The number of halogens is 2. The van der Waals surface area contributed by atoms with E-state index in [1.54, 1.807) is 60.7 Å².